The molecule has 0 bridgehead atoms. The third-order valence-corrected chi connectivity index (χ3v) is 5.65. The van der Waals surface area contributed by atoms with Gasteiger partial charge in [-0.25, -0.2) is 0 Å². The fourth-order valence-corrected chi connectivity index (χ4v) is 4.30. The molecule has 5 rings (SSSR count). The van der Waals surface area contributed by atoms with E-state index in [0.717, 1.165) is 57.8 Å². The molecule has 1 aliphatic carbocycles. The lowest BCUT2D eigenvalue weighted by molar-refractivity contribution is -0.375. The molecule has 0 amide bonds. The number of benzene rings is 2. The average molecular weight is 368 g/mol. The summed E-state index contributed by atoms with van der Waals surface area (Å²) in [4.78, 5) is 12.9. The summed E-state index contributed by atoms with van der Waals surface area (Å²) in [6.07, 6.45) is 9.22. The number of fused-ring (bicyclic) bond motifs is 1. The predicted octanol–water partition coefficient (Wildman–Crippen LogP) is 5.84. The monoisotopic (exact) mass is 368 g/mol. The van der Waals surface area contributed by atoms with E-state index in [0.29, 0.717) is 17.1 Å². The maximum absolute atomic E-state index is 13.6. The Balaban J connectivity index is 1.78. The fraction of sp³-hybridized carbons (Fsp3) is 0.167. The summed E-state index contributed by atoms with van der Waals surface area (Å²) in [6.45, 7) is 0. The van der Waals surface area contributed by atoms with E-state index in [1.54, 1.807) is 6.08 Å². The first kappa shape index (κ1) is 16.9. The van der Waals surface area contributed by atoms with Crippen LogP contribution in [0, 0.1) is 10.1 Å². The maximum Gasteiger partial charge on any atom is 0.293 e. The van der Waals surface area contributed by atoms with Gasteiger partial charge in [-0.15, -0.1) is 0 Å². The normalized spacial score (nSPS) is 21.4. The molecule has 2 aromatic rings. The molecular formula is C24H20N2O2. The van der Waals surface area contributed by atoms with Gasteiger partial charge in [0, 0.05) is 16.7 Å². The lowest BCUT2D eigenvalue weighted by Gasteiger charge is -2.41. The van der Waals surface area contributed by atoms with Gasteiger partial charge >= 0.3 is 0 Å². The minimum absolute atomic E-state index is 0.448. The van der Waals surface area contributed by atoms with Crippen LogP contribution in [0.15, 0.2) is 83.7 Å². The molecule has 3 aliphatic rings. The summed E-state index contributed by atoms with van der Waals surface area (Å²) in [6, 6.07) is 17.4. The number of nitrogens with zero attached hydrogens (tertiary/aromatic N) is 2. The predicted molar refractivity (Wildman–Crippen MR) is 111 cm³/mol. The summed E-state index contributed by atoms with van der Waals surface area (Å²) in [5.74, 6) is 0. The van der Waals surface area contributed by atoms with Crippen molar-refractivity contribution in [3.05, 3.63) is 111 Å². The van der Waals surface area contributed by atoms with Crippen molar-refractivity contribution in [3.8, 4) is 0 Å². The maximum atomic E-state index is 13.6. The molecular weight excluding hydrogens is 348 g/mol. The summed E-state index contributed by atoms with van der Waals surface area (Å²) in [5.41, 5.74) is 6.38. The van der Waals surface area contributed by atoms with Crippen molar-refractivity contribution in [1.29, 1.82) is 0 Å². The van der Waals surface area contributed by atoms with Gasteiger partial charge in [-0.1, -0.05) is 48.5 Å². The fourth-order valence-electron chi connectivity index (χ4n) is 4.30. The molecule has 4 nitrogen and oxygen atoms in total. The number of allylic oxidation sites excluding steroid dienone is 3. The molecule has 28 heavy (non-hydrogen) atoms. The van der Waals surface area contributed by atoms with Gasteiger partial charge in [0.2, 0.25) is 6.20 Å². The number of nitroso groups, excluding NO2 is 1. The van der Waals surface area contributed by atoms with Crippen LogP contribution < -0.4 is 0 Å². The average Bonchev–Trinajstić information content (AvgIpc) is 2.75. The van der Waals surface area contributed by atoms with Crippen molar-refractivity contribution < 1.29 is 4.76 Å². The Morgan fingerprint density at radius 2 is 1.68 bits per heavy atom. The van der Waals surface area contributed by atoms with E-state index < -0.39 is 0 Å². The quantitative estimate of drug-likeness (QED) is 0.594. The van der Waals surface area contributed by atoms with E-state index in [2.05, 4.69) is 0 Å². The van der Waals surface area contributed by atoms with E-state index in [4.69, 9.17) is 0 Å². The Morgan fingerprint density at radius 1 is 0.929 bits per heavy atom. The standard InChI is InChI=1S/C24H20N2O2/c27-25-15-14-17-8-4-6-12-20(17)23(25)24-21-13-7-5-11-19(21)16-22(26(24)28)18-9-2-1-3-10-18/h1-4,6,8-10,12,14-16H,5,7,11,13H2. The molecule has 0 unspecified atom stereocenters. The second kappa shape index (κ2) is 6.73. The van der Waals surface area contributed by atoms with Crippen LogP contribution in [-0.4, -0.2) is 9.82 Å². The molecule has 0 saturated heterocycles. The van der Waals surface area contributed by atoms with Gasteiger partial charge in [-0.05, 0) is 60.1 Å². The summed E-state index contributed by atoms with van der Waals surface area (Å²) >= 11 is 0. The molecule has 0 atom stereocenters. The van der Waals surface area contributed by atoms with Gasteiger partial charge in [-0.3, -0.25) is 0 Å². The van der Waals surface area contributed by atoms with E-state index in [-0.39, 0.29) is 0 Å². The zero-order chi connectivity index (χ0) is 19.1. The number of hydroxylamine groups is 2. The molecule has 0 fully saturated rings. The summed E-state index contributed by atoms with van der Waals surface area (Å²) < 4.78 is 0.843. The molecule has 4 heteroatoms. The van der Waals surface area contributed by atoms with E-state index in [1.807, 2.05) is 60.7 Å². The van der Waals surface area contributed by atoms with E-state index in [1.165, 1.54) is 11.8 Å². The van der Waals surface area contributed by atoms with Crippen LogP contribution in [0.4, 0.5) is 0 Å². The zero-order valence-corrected chi connectivity index (χ0v) is 15.5. The number of rotatable bonds is 1. The number of hydrogen-bond acceptors (Lipinski definition) is 3. The molecule has 2 aliphatic heterocycles. The summed E-state index contributed by atoms with van der Waals surface area (Å²) in [7, 11) is 0. The topological polar surface area (TPSA) is 46.4 Å². The minimum atomic E-state index is 0.448. The lowest BCUT2D eigenvalue weighted by atomic mass is 9.84. The van der Waals surface area contributed by atoms with Crippen LogP contribution in [0.2, 0.25) is 0 Å². The van der Waals surface area contributed by atoms with E-state index >= 15 is 0 Å². The van der Waals surface area contributed by atoms with Crippen LogP contribution in [0.5, 0.6) is 0 Å². The first-order valence-electron chi connectivity index (χ1n) is 9.69. The molecule has 2 heterocycles. The van der Waals surface area contributed by atoms with Crippen molar-refractivity contribution in [2.24, 2.45) is 0 Å². The van der Waals surface area contributed by atoms with Crippen LogP contribution >= 0.6 is 0 Å². The van der Waals surface area contributed by atoms with Crippen molar-refractivity contribution in [2.45, 2.75) is 25.7 Å². The smallest absolute Gasteiger partial charge is 0.293 e. The van der Waals surface area contributed by atoms with E-state index in [9.17, 15) is 10.1 Å². The molecule has 138 valence electrons. The van der Waals surface area contributed by atoms with Crippen molar-refractivity contribution in [1.82, 2.24) is 5.06 Å². The van der Waals surface area contributed by atoms with Crippen molar-refractivity contribution >= 4 is 17.5 Å². The summed E-state index contributed by atoms with van der Waals surface area (Å²) in [5, 5.41) is 14.6. The highest BCUT2D eigenvalue weighted by molar-refractivity contribution is 5.82. The third-order valence-electron chi connectivity index (χ3n) is 5.65. The first-order valence-corrected chi connectivity index (χ1v) is 9.69. The Hall–Kier alpha value is -3.24. The van der Waals surface area contributed by atoms with Crippen LogP contribution in [0.3, 0.4) is 0 Å². The van der Waals surface area contributed by atoms with Gasteiger partial charge < -0.3 is 10.3 Å². The van der Waals surface area contributed by atoms with Gasteiger partial charge in [-0.2, -0.15) is 0 Å². The second-order valence-electron chi connectivity index (χ2n) is 7.33. The highest BCUT2D eigenvalue weighted by atomic mass is 16.5. The molecule has 0 saturated carbocycles. The Morgan fingerprint density at radius 3 is 2.54 bits per heavy atom. The third kappa shape index (κ3) is 2.65. The van der Waals surface area contributed by atoms with Crippen LogP contribution in [0.1, 0.15) is 42.4 Å². The van der Waals surface area contributed by atoms with Crippen molar-refractivity contribution in [3.63, 3.8) is 0 Å². The molecule has 0 spiro atoms. The van der Waals surface area contributed by atoms with Gasteiger partial charge in [0.1, 0.15) is 5.70 Å². The van der Waals surface area contributed by atoms with Gasteiger partial charge in [0.25, 0.3) is 5.70 Å². The molecule has 0 N–H and O–H groups in total. The highest BCUT2D eigenvalue weighted by Crippen LogP contribution is 2.44. The van der Waals surface area contributed by atoms with Crippen LogP contribution in [-0.2, 0) is 0 Å². The highest BCUT2D eigenvalue weighted by Gasteiger charge is 2.35. The SMILES string of the molecule is O=[N+]1C=Cc2ccccc2C1=C1C2=C(C=C(c3ccccc3)N1[O-])CCCC2. The Kier molecular flexibility index (Phi) is 4.06. The zero-order valence-electron chi connectivity index (χ0n) is 15.5. The molecule has 2 aromatic carbocycles. The largest absolute Gasteiger partial charge is 0.754 e. The van der Waals surface area contributed by atoms with Crippen molar-refractivity contribution in [2.75, 3.05) is 0 Å². The Bertz CT molecular complexity index is 1090. The van der Waals surface area contributed by atoms with Gasteiger partial charge in [0.15, 0.2) is 0 Å². The van der Waals surface area contributed by atoms with Gasteiger partial charge in [0.05, 0.1) is 10.3 Å². The molecule has 0 aromatic heterocycles. The minimum Gasteiger partial charge on any atom is -0.754 e. The lowest BCUT2D eigenvalue weighted by Crippen LogP contribution is -2.26. The molecule has 0 radical (unpaired) electrons. The number of hydrogen-bond donors (Lipinski definition) is 0. The Labute approximate surface area is 164 Å². The first-order chi connectivity index (χ1) is 13.7. The second-order valence-corrected chi connectivity index (χ2v) is 7.33. The van der Waals surface area contributed by atoms with Crippen LogP contribution in [0.25, 0.3) is 17.5 Å².